The molecule has 0 amide bonds. The number of hydrogen-bond acceptors (Lipinski definition) is 0. The molecule has 0 N–H and O–H groups in total. The van der Waals surface area contributed by atoms with E-state index in [-0.39, 0.29) is 5.41 Å². The predicted molar refractivity (Wildman–Crippen MR) is 63.5 cm³/mol. The molecule has 0 bridgehead atoms. The number of rotatable bonds is 1. The van der Waals surface area contributed by atoms with Crippen LogP contribution in [-0.2, 0) is 5.41 Å². The highest BCUT2D eigenvalue weighted by atomic mass is 35.5. The van der Waals surface area contributed by atoms with E-state index in [1.165, 1.54) is 5.69 Å². The normalized spacial score (nSPS) is 12.6. The smallest absolute Gasteiger partial charge is 0.128 e. The summed E-state index contributed by atoms with van der Waals surface area (Å²) in [6.45, 7) is 10.7. The fourth-order valence-electron chi connectivity index (χ4n) is 1.55. The van der Waals surface area contributed by atoms with Crippen molar-refractivity contribution < 1.29 is 0 Å². The zero-order valence-corrected chi connectivity index (χ0v) is 10.9. The molecule has 0 saturated carbocycles. The average molecular weight is 234 g/mol. The summed E-state index contributed by atoms with van der Waals surface area (Å²) in [4.78, 5) is 0. The van der Waals surface area contributed by atoms with Crippen molar-refractivity contribution in [3.63, 3.8) is 0 Å². The van der Waals surface area contributed by atoms with E-state index in [9.17, 15) is 0 Å². The van der Waals surface area contributed by atoms with Gasteiger partial charge >= 0.3 is 0 Å². The first-order valence-electron chi connectivity index (χ1n) is 4.82. The van der Waals surface area contributed by atoms with E-state index < -0.39 is 0 Å². The van der Waals surface area contributed by atoms with Crippen LogP contribution in [0.4, 0.5) is 0 Å². The van der Waals surface area contributed by atoms with Crippen molar-refractivity contribution in [2.75, 3.05) is 0 Å². The first-order chi connectivity index (χ1) is 6.25. The minimum Gasteiger partial charge on any atom is -0.332 e. The van der Waals surface area contributed by atoms with Crippen molar-refractivity contribution in [2.45, 2.75) is 46.1 Å². The van der Waals surface area contributed by atoms with E-state index in [0.717, 1.165) is 0 Å². The minimum absolute atomic E-state index is 0.0705. The van der Waals surface area contributed by atoms with E-state index in [1.807, 2.05) is 6.07 Å². The largest absolute Gasteiger partial charge is 0.332 e. The predicted octanol–water partition coefficient (Wildman–Crippen LogP) is 4.67. The van der Waals surface area contributed by atoms with Crippen LogP contribution in [0, 0.1) is 0 Å². The molecule has 0 fully saturated rings. The molecule has 0 aliphatic heterocycles. The Hall–Kier alpha value is -0.140. The van der Waals surface area contributed by atoms with Gasteiger partial charge in [-0.3, -0.25) is 0 Å². The summed E-state index contributed by atoms with van der Waals surface area (Å²) >= 11 is 12.2. The van der Waals surface area contributed by atoms with Crippen LogP contribution in [-0.4, -0.2) is 4.57 Å². The molecule has 80 valence electrons. The van der Waals surface area contributed by atoms with Gasteiger partial charge in [-0.05, 0) is 19.9 Å². The Labute approximate surface area is 96.0 Å². The lowest BCUT2D eigenvalue weighted by molar-refractivity contribution is 0.485. The van der Waals surface area contributed by atoms with Gasteiger partial charge in [0.05, 0.1) is 5.02 Å². The maximum absolute atomic E-state index is 6.15. The molecule has 0 aliphatic carbocycles. The molecule has 0 unspecified atom stereocenters. The van der Waals surface area contributed by atoms with Crippen LogP contribution in [0.1, 0.15) is 46.4 Å². The average Bonchev–Trinajstić information content (AvgIpc) is 2.27. The molecule has 0 aromatic carbocycles. The Bertz CT molecular complexity index is 332. The van der Waals surface area contributed by atoms with Crippen molar-refractivity contribution in [3.05, 3.63) is 21.9 Å². The van der Waals surface area contributed by atoms with Gasteiger partial charge in [-0.1, -0.05) is 44.0 Å². The van der Waals surface area contributed by atoms with E-state index in [2.05, 4.69) is 39.2 Å². The number of halogens is 2. The Morgan fingerprint density at radius 1 is 1.21 bits per heavy atom. The highest BCUT2D eigenvalue weighted by Gasteiger charge is 2.23. The highest BCUT2D eigenvalue weighted by Crippen LogP contribution is 2.35. The molecule has 1 rings (SSSR count). The summed E-state index contributed by atoms with van der Waals surface area (Å²) in [6, 6.07) is 2.30. The van der Waals surface area contributed by atoms with Crippen molar-refractivity contribution in [1.82, 2.24) is 4.57 Å². The second kappa shape index (κ2) is 3.79. The summed E-state index contributed by atoms with van der Waals surface area (Å²) in [5, 5.41) is 1.29. The van der Waals surface area contributed by atoms with Crippen LogP contribution in [0.15, 0.2) is 6.07 Å². The van der Waals surface area contributed by atoms with Gasteiger partial charge in [0.15, 0.2) is 0 Å². The van der Waals surface area contributed by atoms with Gasteiger partial charge in [-0.25, -0.2) is 0 Å². The molecule has 1 nitrogen and oxygen atoms in total. The molecule has 1 aromatic heterocycles. The zero-order valence-electron chi connectivity index (χ0n) is 9.36. The number of aromatic nitrogens is 1. The molecular formula is C11H17Cl2N. The fraction of sp³-hybridized carbons (Fsp3) is 0.636. The Balaban J connectivity index is 3.37. The maximum Gasteiger partial charge on any atom is 0.128 e. The van der Waals surface area contributed by atoms with Gasteiger partial charge in [0, 0.05) is 17.2 Å². The summed E-state index contributed by atoms with van der Waals surface area (Å²) in [6.07, 6.45) is 0. The molecular weight excluding hydrogens is 217 g/mol. The Kier molecular flexibility index (Phi) is 3.23. The quantitative estimate of drug-likeness (QED) is 0.665. The Morgan fingerprint density at radius 2 is 1.71 bits per heavy atom. The zero-order chi connectivity index (χ0) is 11.1. The minimum atomic E-state index is 0.0705. The highest BCUT2D eigenvalue weighted by molar-refractivity contribution is 6.41. The van der Waals surface area contributed by atoms with Crippen molar-refractivity contribution in [3.8, 4) is 0 Å². The van der Waals surface area contributed by atoms with Crippen LogP contribution in [0.2, 0.25) is 10.2 Å². The number of hydrogen-bond donors (Lipinski definition) is 0. The van der Waals surface area contributed by atoms with Gasteiger partial charge in [-0.15, -0.1) is 0 Å². The van der Waals surface area contributed by atoms with Gasteiger partial charge in [0.1, 0.15) is 5.15 Å². The summed E-state index contributed by atoms with van der Waals surface area (Å²) in [5.41, 5.74) is 1.25. The second-order valence-corrected chi connectivity index (χ2v) is 5.65. The molecule has 0 radical (unpaired) electrons. The maximum atomic E-state index is 6.15. The van der Waals surface area contributed by atoms with E-state index in [4.69, 9.17) is 23.2 Å². The third-order valence-corrected chi connectivity index (χ3v) is 2.99. The fourth-order valence-corrected chi connectivity index (χ4v) is 2.09. The molecule has 0 saturated heterocycles. The molecule has 0 aliphatic rings. The van der Waals surface area contributed by atoms with Crippen LogP contribution >= 0.6 is 23.2 Å². The molecule has 0 spiro atoms. The monoisotopic (exact) mass is 233 g/mol. The molecule has 1 aromatic rings. The van der Waals surface area contributed by atoms with Crippen LogP contribution < -0.4 is 0 Å². The summed E-state index contributed by atoms with van der Waals surface area (Å²) < 4.78 is 2.09. The van der Waals surface area contributed by atoms with Gasteiger partial charge in [0.25, 0.3) is 0 Å². The molecule has 14 heavy (non-hydrogen) atoms. The van der Waals surface area contributed by atoms with E-state index in [1.54, 1.807) is 0 Å². The topological polar surface area (TPSA) is 4.93 Å². The standard InChI is InChI=1S/C11H17Cl2N/c1-7(2)14-9(11(3,4)5)6-8(12)10(14)13/h6-7H,1-5H3. The van der Waals surface area contributed by atoms with Gasteiger partial charge in [0.2, 0.25) is 0 Å². The molecule has 1 heterocycles. The van der Waals surface area contributed by atoms with Crippen LogP contribution in [0.5, 0.6) is 0 Å². The third-order valence-electron chi connectivity index (χ3n) is 2.22. The first-order valence-corrected chi connectivity index (χ1v) is 5.57. The Morgan fingerprint density at radius 3 is 2.00 bits per heavy atom. The second-order valence-electron chi connectivity index (χ2n) is 4.88. The third kappa shape index (κ3) is 2.09. The molecule has 3 heteroatoms. The lowest BCUT2D eigenvalue weighted by atomic mass is 9.92. The van der Waals surface area contributed by atoms with Crippen LogP contribution in [0.3, 0.4) is 0 Å². The van der Waals surface area contributed by atoms with Crippen molar-refractivity contribution in [1.29, 1.82) is 0 Å². The summed E-state index contributed by atoms with van der Waals surface area (Å²) in [7, 11) is 0. The SMILES string of the molecule is CC(C)n1c(C(C)(C)C)cc(Cl)c1Cl. The summed E-state index contributed by atoms with van der Waals surface area (Å²) in [5.74, 6) is 0. The van der Waals surface area contributed by atoms with E-state index >= 15 is 0 Å². The van der Waals surface area contributed by atoms with Gasteiger partial charge in [-0.2, -0.15) is 0 Å². The van der Waals surface area contributed by atoms with Gasteiger partial charge < -0.3 is 4.57 Å². The van der Waals surface area contributed by atoms with Crippen molar-refractivity contribution in [2.24, 2.45) is 0 Å². The first kappa shape index (κ1) is 11.9. The van der Waals surface area contributed by atoms with Crippen LogP contribution in [0.25, 0.3) is 0 Å². The van der Waals surface area contributed by atoms with E-state index in [0.29, 0.717) is 16.2 Å². The lowest BCUT2D eigenvalue weighted by Crippen LogP contribution is -2.18. The lowest BCUT2D eigenvalue weighted by Gasteiger charge is -2.24. The number of nitrogens with zero attached hydrogens (tertiary/aromatic N) is 1. The van der Waals surface area contributed by atoms with Crippen molar-refractivity contribution >= 4 is 23.2 Å². The molecule has 0 atom stereocenters.